The lowest BCUT2D eigenvalue weighted by Crippen LogP contribution is -2.32. The van der Waals surface area contributed by atoms with Gasteiger partial charge in [-0.05, 0) is 38.8 Å². The van der Waals surface area contributed by atoms with Crippen LogP contribution in [0.5, 0.6) is 0 Å². The first-order valence-corrected chi connectivity index (χ1v) is 7.87. The maximum absolute atomic E-state index is 6.01. The zero-order chi connectivity index (χ0) is 13.8. The van der Waals surface area contributed by atoms with Gasteiger partial charge in [0.25, 0.3) is 0 Å². The quantitative estimate of drug-likeness (QED) is 0.902. The van der Waals surface area contributed by atoms with E-state index < -0.39 is 0 Å². The number of nitrogens with two attached hydrogens (primary N) is 1. The highest BCUT2D eigenvalue weighted by Crippen LogP contribution is 2.27. The van der Waals surface area contributed by atoms with Gasteiger partial charge < -0.3 is 10.5 Å². The minimum atomic E-state index is 0.0396. The number of hydrogen-bond donors (Lipinski definition) is 1. The molecule has 0 aliphatic carbocycles. The summed E-state index contributed by atoms with van der Waals surface area (Å²) in [5.41, 5.74) is 7.03. The summed E-state index contributed by atoms with van der Waals surface area (Å²) in [5, 5.41) is 1.17. The van der Waals surface area contributed by atoms with Crippen LogP contribution in [-0.2, 0) is 17.9 Å². The Kier molecular flexibility index (Phi) is 5.33. The van der Waals surface area contributed by atoms with Gasteiger partial charge in [0, 0.05) is 18.0 Å². The van der Waals surface area contributed by atoms with Gasteiger partial charge >= 0.3 is 0 Å². The SMILES string of the molecule is COCc1nc(CN2CCC(C)CC2)sc1C(C)N. The first kappa shape index (κ1) is 14.9. The van der Waals surface area contributed by atoms with Gasteiger partial charge in [-0.25, -0.2) is 4.98 Å². The minimum Gasteiger partial charge on any atom is -0.378 e. The molecule has 4 nitrogen and oxygen atoms in total. The summed E-state index contributed by atoms with van der Waals surface area (Å²) < 4.78 is 5.21. The van der Waals surface area contributed by atoms with Crippen molar-refractivity contribution in [2.24, 2.45) is 11.7 Å². The van der Waals surface area contributed by atoms with Crippen LogP contribution >= 0.6 is 11.3 Å². The van der Waals surface area contributed by atoms with Crippen LogP contribution in [0.2, 0.25) is 0 Å². The molecule has 1 saturated heterocycles. The molecule has 2 rings (SSSR count). The molecule has 1 unspecified atom stereocenters. The van der Waals surface area contributed by atoms with Gasteiger partial charge in [0.15, 0.2) is 0 Å². The van der Waals surface area contributed by atoms with Gasteiger partial charge in [-0.2, -0.15) is 0 Å². The number of hydrogen-bond acceptors (Lipinski definition) is 5. The van der Waals surface area contributed by atoms with Gasteiger partial charge in [0.05, 0.1) is 18.8 Å². The van der Waals surface area contributed by atoms with Gasteiger partial charge in [-0.3, -0.25) is 4.90 Å². The monoisotopic (exact) mass is 283 g/mol. The third kappa shape index (κ3) is 3.99. The normalized spacial score (nSPS) is 19.8. The fourth-order valence-corrected chi connectivity index (χ4v) is 3.55. The van der Waals surface area contributed by atoms with E-state index >= 15 is 0 Å². The number of likely N-dealkylation sites (tertiary alicyclic amines) is 1. The summed E-state index contributed by atoms with van der Waals surface area (Å²) in [6, 6.07) is 0.0396. The van der Waals surface area contributed by atoms with Crippen molar-refractivity contribution < 1.29 is 4.74 Å². The molecule has 0 bridgehead atoms. The second-order valence-corrected chi connectivity index (χ2v) is 6.71. The van der Waals surface area contributed by atoms with Crippen LogP contribution in [0.4, 0.5) is 0 Å². The van der Waals surface area contributed by atoms with Crippen molar-refractivity contribution in [3.05, 3.63) is 15.6 Å². The molecular weight excluding hydrogens is 258 g/mol. The standard InChI is InChI=1S/C14H25N3OS/c1-10-4-6-17(7-5-10)8-13-16-12(9-18-3)14(19-13)11(2)15/h10-11H,4-9,15H2,1-3H3. The first-order valence-electron chi connectivity index (χ1n) is 7.05. The van der Waals surface area contributed by atoms with Crippen LogP contribution in [0, 0.1) is 5.92 Å². The Morgan fingerprint density at radius 1 is 1.47 bits per heavy atom. The van der Waals surface area contributed by atoms with Crippen LogP contribution < -0.4 is 5.73 Å². The predicted molar refractivity (Wildman–Crippen MR) is 79.1 cm³/mol. The molecule has 108 valence electrons. The Balaban J connectivity index is 2.02. The molecule has 5 heteroatoms. The van der Waals surface area contributed by atoms with E-state index in [1.54, 1.807) is 18.4 Å². The molecule has 1 atom stereocenters. The molecule has 1 aromatic heterocycles. The number of piperidine rings is 1. The fraction of sp³-hybridized carbons (Fsp3) is 0.786. The highest BCUT2D eigenvalue weighted by Gasteiger charge is 2.19. The molecule has 1 fully saturated rings. The van der Waals surface area contributed by atoms with Gasteiger partial charge in [-0.1, -0.05) is 6.92 Å². The third-order valence-electron chi connectivity index (χ3n) is 3.70. The lowest BCUT2D eigenvalue weighted by Gasteiger charge is -2.29. The molecule has 1 aliphatic heterocycles. The molecule has 0 saturated carbocycles. The number of thiazole rings is 1. The van der Waals surface area contributed by atoms with E-state index in [2.05, 4.69) is 11.8 Å². The third-order valence-corrected chi connectivity index (χ3v) is 4.98. The molecule has 19 heavy (non-hydrogen) atoms. The van der Waals surface area contributed by atoms with Crippen molar-refractivity contribution in [2.45, 2.75) is 45.9 Å². The van der Waals surface area contributed by atoms with Crippen LogP contribution in [0.1, 0.15) is 48.3 Å². The molecule has 1 aliphatic rings. The Morgan fingerprint density at radius 2 is 2.16 bits per heavy atom. The summed E-state index contributed by atoms with van der Waals surface area (Å²) in [6.07, 6.45) is 2.60. The second kappa shape index (κ2) is 6.79. The second-order valence-electron chi connectivity index (χ2n) is 5.60. The molecular formula is C14H25N3OS. The number of ether oxygens (including phenoxy) is 1. The van der Waals surface area contributed by atoms with Crippen LogP contribution in [0.15, 0.2) is 0 Å². The number of methoxy groups -OCH3 is 1. The van der Waals surface area contributed by atoms with E-state index in [1.165, 1.54) is 35.8 Å². The maximum Gasteiger partial charge on any atom is 0.107 e. The van der Waals surface area contributed by atoms with Crippen molar-refractivity contribution in [1.82, 2.24) is 9.88 Å². The average Bonchev–Trinajstić information content (AvgIpc) is 2.76. The lowest BCUT2D eigenvalue weighted by atomic mass is 9.99. The predicted octanol–water partition coefficient (Wildman–Crippen LogP) is 2.54. The van der Waals surface area contributed by atoms with E-state index in [0.717, 1.165) is 18.2 Å². The van der Waals surface area contributed by atoms with Crippen molar-refractivity contribution in [3.63, 3.8) is 0 Å². The molecule has 2 N–H and O–H groups in total. The summed E-state index contributed by atoms with van der Waals surface area (Å²) in [4.78, 5) is 8.38. The summed E-state index contributed by atoms with van der Waals surface area (Å²) in [6.45, 7) is 8.25. The molecule has 1 aromatic rings. The van der Waals surface area contributed by atoms with Crippen molar-refractivity contribution >= 4 is 11.3 Å². The largest absolute Gasteiger partial charge is 0.378 e. The van der Waals surface area contributed by atoms with E-state index in [4.69, 9.17) is 15.5 Å². The number of nitrogens with zero attached hydrogens (tertiary/aromatic N) is 2. The van der Waals surface area contributed by atoms with E-state index in [-0.39, 0.29) is 6.04 Å². The smallest absolute Gasteiger partial charge is 0.107 e. The van der Waals surface area contributed by atoms with Crippen LogP contribution in [0.3, 0.4) is 0 Å². The average molecular weight is 283 g/mol. The van der Waals surface area contributed by atoms with E-state index in [0.29, 0.717) is 6.61 Å². The van der Waals surface area contributed by atoms with E-state index in [9.17, 15) is 0 Å². The Bertz CT molecular complexity index is 397. The molecule has 0 spiro atoms. The topological polar surface area (TPSA) is 51.4 Å². The Hall–Kier alpha value is -0.490. The van der Waals surface area contributed by atoms with Crippen molar-refractivity contribution in [2.75, 3.05) is 20.2 Å². The molecule has 2 heterocycles. The number of aromatic nitrogens is 1. The summed E-state index contributed by atoms with van der Waals surface area (Å²) in [5.74, 6) is 0.872. The molecule has 0 aromatic carbocycles. The first-order chi connectivity index (χ1) is 9.10. The highest BCUT2D eigenvalue weighted by molar-refractivity contribution is 7.11. The minimum absolute atomic E-state index is 0.0396. The highest BCUT2D eigenvalue weighted by atomic mass is 32.1. The lowest BCUT2D eigenvalue weighted by molar-refractivity contribution is 0.177. The zero-order valence-corrected chi connectivity index (χ0v) is 13.0. The van der Waals surface area contributed by atoms with E-state index in [1.807, 2.05) is 6.92 Å². The number of rotatable bonds is 5. The summed E-state index contributed by atoms with van der Waals surface area (Å²) in [7, 11) is 1.70. The van der Waals surface area contributed by atoms with Crippen molar-refractivity contribution in [3.8, 4) is 0 Å². The zero-order valence-electron chi connectivity index (χ0n) is 12.2. The van der Waals surface area contributed by atoms with Gasteiger partial charge in [0.2, 0.25) is 0 Å². The fourth-order valence-electron chi connectivity index (χ4n) is 2.49. The summed E-state index contributed by atoms with van der Waals surface area (Å²) >= 11 is 1.74. The van der Waals surface area contributed by atoms with Crippen LogP contribution in [0.25, 0.3) is 0 Å². The molecule has 0 radical (unpaired) electrons. The Morgan fingerprint density at radius 3 is 2.74 bits per heavy atom. The van der Waals surface area contributed by atoms with Crippen LogP contribution in [-0.4, -0.2) is 30.1 Å². The molecule has 0 amide bonds. The van der Waals surface area contributed by atoms with Gasteiger partial charge in [-0.15, -0.1) is 11.3 Å². The maximum atomic E-state index is 6.01. The van der Waals surface area contributed by atoms with Crippen molar-refractivity contribution in [1.29, 1.82) is 0 Å². The van der Waals surface area contributed by atoms with Gasteiger partial charge in [0.1, 0.15) is 5.01 Å². The Labute approximate surface area is 120 Å².